The Morgan fingerprint density at radius 1 is 1.38 bits per heavy atom. The number of benzene rings is 1. The molecular weight excluding hydrogens is 194 g/mol. The van der Waals surface area contributed by atoms with Crippen molar-refractivity contribution >= 4 is 11.6 Å². The molecule has 0 aliphatic heterocycles. The average Bonchev–Trinajstić information content (AvgIpc) is 2.01. The normalized spacial score (nSPS) is 11.8. The van der Waals surface area contributed by atoms with Crippen LogP contribution in [0.15, 0.2) is 18.2 Å². The fourth-order valence-electron chi connectivity index (χ4n) is 1.13. The molecule has 0 amide bonds. The molecule has 0 saturated heterocycles. The predicted molar refractivity (Wildman–Crippen MR) is 50.4 cm³/mol. The van der Waals surface area contributed by atoms with Gasteiger partial charge in [-0.3, -0.25) is 0 Å². The van der Waals surface area contributed by atoms with Gasteiger partial charge < -0.3 is 0 Å². The van der Waals surface area contributed by atoms with Crippen molar-refractivity contribution in [3.05, 3.63) is 34.3 Å². The molecule has 0 aromatic heterocycles. The lowest BCUT2D eigenvalue weighted by molar-refractivity contribution is 0.0176. The Balaban J connectivity index is 3.13. The summed E-state index contributed by atoms with van der Waals surface area (Å²) < 4.78 is 25.7. The lowest BCUT2D eigenvalue weighted by atomic mass is 10.1. The lowest BCUT2D eigenvalue weighted by Crippen LogP contribution is -2.07. The SMILES string of the molecule is CCc1ccc(C(C)(F)F)c(Cl)c1. The molecule has 13 heavy (non-hydrogen) atoms. The van der Waals surface area contributed by atoms with E-state index in [4.69, 9.17) is 11.6 Å². The summed E-state index contributed by atoms with van der Waals surface area (Å²) >= 11 is 5.71. The molecule has 1 aromatic carbocycles. The largest absolute Gasteiger partial charge is 0.271 e. The maximum absolute atomic E-state index is 12.9. The van der Waals surface area contributed by atoms with Crippen LogP contribution in [0.3, 0.4) is 0 Å². The van der Waals surface area contributed by atoms with Crippen molar-refractivity contribution < 1.29 is 8.78 Å². The van der Waals surface area contributed by atoms with Crippen molar-refractivity contribution in [2.45, 2.75) is 26.2 Å². The second-order valence-corrected chi connectivity index (χ2v) is 3.46. The first-order valence-electron chi connectivity index (χ1n) is 4.12. The summed E-state index contributed by atoms with van der Waals surface area (Å²) in [5.41, 5.74) is 0.865. The predicted octanol–water partition coefficient (Wildman–Crippen LogP) is 4.01. The average molecular weight is 205 g/mol. The first kappa shape index (κ1) is 10.5. The number of aryl methyl sites for hydroxylation is 1. The van der Waals surface area contributed by atoms with Crippen molar-refractivity contribution in [3.8, 4) is 0 Å². The van der Waals surface area contributed by atoms with E-state index >= 15 is 0 Å². The Morgan fingerprint density at radius 2 is 2.00 bits per heavy atom. The summed E-state index contributed by atoms with van der Waals surface area (Å²) in [6, 6.07) is 4.66. The second-order valence-electron chi connectivity index (χ2n) is 3.06. The molecule has 0 atom stereocenters. The molecule has 0 unspecified atom stereocenters. The summed E-state index contributed by atoms with van der Waals surface area (Å²) in [6.45, 7) is 2.80. The Morgan fingerprint density at radius 3 is 2.38 bits per heavy atom. The van der Waals surface area contributed by atoms with Crippen LogP contribution in [0.5, 0.6) is 0 Å². The number of rotatable bonds is 2. The molecule has 0 fully saturated rings. The molecule has 0 nitrogen and oxygen atoms in total. The van der Waals surface area contributed by atoms with Crippen molar-refractivity contribution in [3.63, 3.8) is 0 Å². The summed E-state index contributed by atoms with van der Waals surface area (Å²) in [4.78, 5) is 0. The zero-order chi connectivity index (χ0) is 10.1. The van der Waals surface area contributed by atoms with Crippen LogP contribution in [0.2, 0.25) is 5.02 Å². The molecule has 0 saturated carbocycles. The highest BCUT2D eigenvalue weighted by atomic mass is 35.5. The van der Waals surface area contributed by atoms with E-state index in [1.807, 2.05) is 6.92 Å². The number of hydrogen-bond donors (Lipinski definition) is 0. The summed E-state index contributed by atoms with van der Waals surface area (Å²) in [5, 5.41) is 0.145. The Labute approximate surface area is 81.5 Å². The third-order valence-electron chi connectivity index (χ3n) is 1.91. The maximum Gasteiger partial charge on any atom is 0.271 e. The molecule has 0 aliphatic rings. The van der Waals surface area contributed by atoms with Gasteiger partial charge in [-0.05, 0) is 18.1 Å². The van der Waals surface area contributed by atoms with Crippen molar-refractivity contribution in [1.82, 2.24) is 0 Å². The van der Waals surface area contributed by atoms with Crippen LogP contribution in [-0.4, -0.2) is 0 Å². The zero-order valence-corrected chi connectivity index (χ0v) is 8.33. The van der Waals surface area contributed by atoms with Crippen LogP contribution >= 0.6 is 11.6 Å². The van der Waals surface area contributed by atoms with Gasteiger partial charge in [0.25, 0.3) is 5.92 Å². The van der Waals surface area contributed by atoms with Crippen LogP contribution in [0.4, 0.5) is 8.78 Å². The molecule has 72 valence electrons. The molecule has 1 aromatic rings. The quantitative estimate of drug-likeness (QED) is 0.683. The highest BCUT2D eigenvalue weighted by Gasteiger charge is 2.26. The van der Waals surface area contributed by atoms with Gasteiger partial charge in [-0.2, -0.15) is 0 Å². The van der Waals surface area contributed by atoms with Crippen LogP contribution in [0.25, 0.3) is 0 Å². The monoisotopic (exact) mass is 204 g/mol. The minimum atomic E-state index is -2.86. The van der Waals surface area contributed by atoms with E-state index in [1.54, 1.807) is 12.1 Å². The first-order valence-corrected chi connectivity index (χ1v) is 4.49. The Bertz CT molecular complexity index is 302. The minimum absolute atomic E-state index is 0.105. The van der Waals surface area contributed by atoms with E-state index in [-0.39, 0.29) is 10.6 Å². The second kappa shape index (κ2) is 3.62. The van der Waals surface area contributed by atoms with Gasteiger partial charge in [0.1, 0.15) is 0 Å². The third-order valence-corrected chi connectivity index (χ3v) is 2.23. The number of alkyl halides is 2. The van der Waals surface area contributed by atoms with Gasteiger partial charge in [0.15, 0.2) is 0 Å². The van der Waals surface area contributed by atoms with E-state index < -0.39 is 5.92 Å². The standard InChI is InChI=1S/C10H11ClF2/c1-3-7-4-5-8(9(11)6-7)10(2,12)13/h4-6H,3H2,1-2H3. The fraction of sp³-hybridized carbons (Fsp3) is 0.400. The van der Waals surface area contributed by atoms with Gasteiger partial charge in [0, 0.05) is 17.5 Å². The first-order chi connectivity index (χ1) is 5.95. The molecule has 0 N–H and O–H groups in total. The smallest absolute Gasteiger partial charge is 0.202 e. The highest BCUT2D eigenvalue weighted by molar-refractivity contribution is 6.31. The molecule has 1 rings (SSSR count). The molecule has 0 heterocycles. The van der Waals surface area contributed by atoms with Gasteiger partial charge in [-0.1, -0.05) is 30.7 Å². The van der Waals surface area contributed by atoms with Gasteiger partial charge in [-0.15, -0.1) is 0 Å². The summed E-state index contributed by atoms with van der Waals surface area (Å²) in [5.74, 6) is -2.86. The molecular formula is C10H11ClF2. The highest BCUT2D eigenvalue weighted by Crippen LogP contribution is 2.33. The molecule has 0 spiro atoms. The Hall–Kier alpha value is -0.630. The number of hydrogen-bond acceptors (Lipinski definition) is 0. The van der Waals surface area contributed by atoms with Crippen molar-refractivity contribution in [1.29, 1.82) is 0 Å². The molecule has 0 bridgehead atoms. The van der Waals surface area contributed by atoms with Gasteiger partial charge >= 0.3 is 0 Å². The molecule has 0 aliphatic carbocycles. The van der Waals surface area contributed by atoms with E-state index in [1.165, 1.54) is 6.07 Å². The van der Waals surface area contributed by atoms with Gasteiger partial charge in [0.2, 0.25) is 0 Å². The van der Waals surface area contributed by atoms with E-state index in [0.717, 1.165) is 18.9 Å². The van der Waals surface area contributed by atoms with Crippen LogP contribution in [0, 0.1) is 0 Å². The van der Waals surface area contributed by atoms with E-state index in [2.05, 4.69) is 0 Å². The third kappa shape index (κ3) is 2.41. The van der Waals surface area contributed by atoms with E-state index in [0.29, 0.717) is 0 Å². The minimum Gasteiger partial charge on any atom is -0.202 e. The fourth-order valence-corrected chi connectivity index (χ4v) is 1.50. The topological polar surface area (TPSA) is 0 Å². The van der Waals surface area contributed by atoms with Crippen LogP contribution < -0.4 is 0 Å². The Kier molecular flexibility index (Phi) is 2.91. The molecule has 0 radical (unpaired) electrons. The van der Waals surface area contributed by atoms with Gasteiger partial charge in [-0.25, -0.2) is 8.78 Å². The lowest BCUT2D eigenvalue weighted by Gasteiger charge is -2.12. The summed E-state index contributed by atoms with van der Waals surface area (Å²) in [6.07, 6.45) is 0.801. The van der Waals surface area contributed by atoms with Crippen LogP contribution in [0.1, 0.15) is 25.0 Å². The number of halogens is 3. The van der Waals surface area contributed by atoms with Crippen molar-refractivity contribution in [2.24, 2.45) is 0 Å². The van der Waals surface area contributed by atoms with E-state index in [9.17, 15) is 8.78 Å². The summed E-state index contributed by atoms with van der Waals surface area (Å²) in [7, 11) is 0. The van der Waals surface area contributed by atoms with Crippen molar-refractivity contribution in [2.75, 3.05) is 0 Å². The zero-order valence-electron chi connectivity index (χ0n) is 7.57. The van der Waals surface area contributed by atoms with Crippen LogP contribution in [-0.2, 0) is 12.3 Å². The maximum atomic E-state index is 12.9. The van der Waals surface area contributed by atoms with Gasteiger partial charge in [0.05, 0.1) is 0 Å². The molecule has 3 heteroatoms.